The zero-order valence-electron chi connectivity index (χ0n) is 11.1. The second-order valence-electron chi connectivity index (χ2n) is 4.73. The van der Waals surface area contributed by atoms with E-state index in [-0.39, 0.29) is 0 Å². The monoisotopic (exact) mass is 265 g/mol. The van der Waals surface area contributed by atoms with Crippen LogP contribution in [0.15, 0.2) is 12.3 Å². The van der Waals surface area contributed by atoms with Gasteiger partial charge in [-0.25, -0.2) is 9.97 Å². The number of imidazole rings is 1. The smallest absolute Gasteiger partial charge is 0.160 e. The molecule has 2 aromatic rings. The van der Waals surface area contributed by atoms with E-state index < -0.39 is 0 Å². The van der Waals surface area contributed by atoms with Crippen LogP contribution in [0.3, 0.4) is 0 Å². The van der Waals surface area contributed by atoms with Crippen LogP contribution in [0.2, 0.25) is 0 Å². The Bertz CT molecular complexity index is 519. The fourth-order valence-corrected chi connectivity index (χ4v) is 2.40. The Morgan fingerprint density at radius 2 is 2.11 bits per heavy atom. The van der Waals surface area contributed by atoms with E-state index in [1.165, 1.54) is 25.7 Å². The highest BCUT2D eigenvalue weighted by Gasteiger charge is 2.10. The summed E-state index contributed by atoms with van der Waals surface area (Å²) >= 11 is 5.97. The fraction of sp³-hybridized carbons (Fsp3) is 0.571. The Hall–Kier alpha value is -1.09. The number of hydrogen-bond donors (Lipinski definition) is 0. The summed E-state index contributed by atoms with van der Waals surface area (Å²) in [5, 5.41) is 0. The lowest BCUT2D eigenvalue weighted by Crippen LogP contribution is -2.03. The van der Waals surface area contributed by atoms with E-state index in [1.807, 2.05) is 13.1 Å². The summed E-state index contributed by atoms with van der Waals surface area (Å²) in [6.07, 6.45) is 6.85. The predicted octanol–water partition coefficient (Wildman–Crippen LogP) is 4.06. The van der Waals surface area contributed by atoms with Crippen molar-refractivity contribution >= 4 is 22.8 Å². The van der Waals surface area contributed by atoms with Crippen molar-refractivity contribution < 1.29 is 0 Å². The van der Waals surface area contributed by atoms with Crippen molar-refractivity contribution in [2.75, 3.05) is 0 Å². The lowest BCUT2D eigenvalue weighted by molar-refractivity contribution is 0.578. The van der Waals surface area contributed by atoms with Gasteiger partial charge in [0.15, 0.2) is 5.65 Å². The second kappa shape index (κ2) is 6.19. The number of pyridine rings is 1. The molecule has 0 radical (unpaired) electrons. The van der Waals surface area contributed by atoms with Crippen LogP contribution in [-0.4, -0.2) is 14.5 Å². The van der Waals surface area contributed by atoms with E-state index in [1.54, 1.807) is 0 Å². The van der Waals surface area contributed by atoms with Crippen LogP contribution in [0, 0.1) is 6.92 Å². The van der Waals surface area contributed by atoms with Gasteiger partial charge in [0.2, 0.25) is 0 Å². The van der Waals surface area contributed by atoms with Crippen LogP contribution in [0.5, 0.6) is 0 Å². The molecule has 0 saturated heterocycles. The van der Waals surface area contributed by atoms with Crippen molar-refractivity contribution in [3.63, 3.8) is 0 Å². The molecule has 2 heterocycles. The summed E-state index contributed by atoms with van der Waals surface area (Å²) in [5.41, 5.74) is 3.06. The summed E-state index contributed by atoms with van der Waals surface area (Å²) in [4.78, 5) is 9.05. The first-order valence-corrected chi connectivity index (χ1v) is 7.17. The van der Waals surface area contributed by atoms with Gasteiger partial charge in [-0.3, -0.25) is 0 Å². The van der Waals surface area contributed by atoms with Gasteiger partial charge < -0.3 is 4.57 Å². The second-order valence-corrected chi connectivity index (χ2v) is 5.00. The van der Waals surface area contributed by atoms with Gasteiger partial charge in [0.05, 0.1) is 5.88 Å². The summed E-state index contributed by atoms with van der Waals surface area (Å²) in [7, 11) is 0. The van der Waals surface area contributed by atoms with E-state index >= 15 is 0 Å². The number of nitrogens with zero attached hydrogens (tertiary/aromatic N) is 3. The number of alkyl halides is 1. The molecule has 0 bridgehead atoms. The molecular formula is C14H20ClN3. The summed E-state index contributed by atoms with van der Waals surface area (Å²) in [5.74, 6) is 1.38. The van der Waals surface area contributed by atoms with Crippen LogP contribution in [0.4, 0.5) is 0 Å². The van der Waals surface area contributed by atoms with E-state index in [0.717, 1.165) is 29.1 Å². The van der Waals surface area contributed by atoms with Gasteiger partial charge in [-0.05, 0) is 25.0 Å². The number of rotatable bonds is 6. The van der Waals surface area contributed by atoms with Gasteiger partial charge in [0, 0.05) is 12.7 Å². The number of unbranched alkanes of at least 4 members (excludes halogenated alkanes) is 3. The molecule has 0 saturated carbocycles. The molecule has 0 amide bonds. The van der Waals surface area contributed by atoms with E-state index in [2.05, 4.69) is 27.5 Å². The standard InChI is InChI=1S/C14H20ClN3/c1-3-4-5-6-7-18-13(9-15)17-12-8-11(2)10-16-14(12)18/h8,10H,3-7,9H2,1-2H3. The minimum Gasteiger partial charge on any atom is -0.312 e. The molecule has 0 aliphatic heterocycles. The van der Waals surface area contributed by atoms with Crippen molar-refractivity contribution in [1.82, 2.24) is 14.5 Å². The molecule has 0 N–H and O–H groups in total. The molecular weight excluding hydrogens is 246 g/mol. The predicted molar refractivity (Wildman–Crippen MR) is 76.0 cm³/mol. The Labute approximate surface area is 113 Å². The third-order valence-electron chi connectivity index (χ3n) is 3.16. The van der Waals surface area contributed by atoms with Crippen LogP contribution in [0.25, 0.3) is 11.2 Å². The first-order chi connectivity index (χ1) is 8.76. The number of fused-ring (bicyclic) bond motifs is 1. The molecule has 0 aliphatic carbocycles. The van der Waals surface area contributed by atoms with Crippen molar-refractivity contribution in [3.05, 3.63) is 23.7 Å². The Morgan fingerprint density at radius 1 is 1.28 bits per heavy atom. The average Bonchev–Trinajstić information content (AvgIpc) is 2.71. The van der Waals surface area contributed by atoms with Crippen LogP contribution in [-0.2, 0) is 12.4 Å². The van der Waals surface area contributed by atoms with Crippen LogP contribution < -0.4 is 0 Å². The van der Waals surface area contributed by atoms with E-state index in [0.29, 0.717) is 5.88 Å². The topological polar surface area (TPSA) is 30.7 Å². The van der Waals surface area contributed by atoms with Gasteiger partial charge in [-0.2, -0.15) is 0 Å². The highest BCUT2D eigenvalue weighted by molar-refractivity contribution is 6.16. The number of hydrogen-bond acceptors (Lipinski definition) is 2. The van der Waals surface area contributed by atoms with Crippen LogP contribution >= 0.6 is 11.6 Å². The largest absolute Gasteiger partial charge is 0.312 e. The highest BCUT2D eigenvalue weighted by Crippen LogP contribution is 2.17. The average molecular weight is 266 g/mol. The van der Waals surface area contributed by atoms with Crippen molar-refractivity contribution in [2.45, 2.75) is 52.0 Å². The van der Waals surface area contributed by atoms with Gasteiger partial charge in [0.1, 0.15) is 11.3 Å². The van der Waals surface area contributed by atoms with Gasteiger partial charge in [-0.15, -0.1) is 11.6 Å². The molecule has 2 aromatic heterocycles. The number of aryl methyl sites for hydroxylation is 2. The molecule has 0 atom stereocenters. The third kappa shape index (κ3) is 2.83. The highest BCUT2D eigenvalue weighted by atomic mass is 35.5. The summed E-state index contributed by atoms with van der Waals surface area (Å²) in [6.45, 7) is 5.23. The quantitative estimate of drug-likeness (QED) is 0.583. The zero-order chi connectivity index (χ0) is 13.0. The zero-order valence-corrected chi connectivity index (χ0v) is 11.9. The normalized spacial score (nSPS) is 11.3. The maximum absolute atomic E-state index is 5.97. The Balaban J connectivity index is 2.23. The lowest BCUT2D eigenvalue weighted by Gasteiger charge is -2.06. The number of halogens is 1. The summed E-state index contributed by atoms with van der Waals surface area (Å²) in [6, 6.07) is 2.07. The minimum absolute atomic E-state index is 0.448. The maximum Gasteiger partial charge on any atom is 0.160 e. The molecule has 0 aromatic carbocycles. The van der Waals surface area contributed by atoms with Crippen molar-refractivity contribution in [3.8, 4) is 0 Å². The molecule has 98 valence electrons. The van der Waals surface area contributed by atoms with E-state index in [4.69, 9.17) is 11.6 Å². The minimum atomic E-state index is 0.448. The van der Waals surface area contributed by atoms with Gasteiger partial charge in [-0.1, -0.05) is 26.2 Å². The van der Waals surface area contributed by atoms with Crippen molar-refractivity contribution in [1.29, 1.82) is 0 Å². The molecule has 0 fully saturated rings. The molecule has 0 unspecified atom stereocenters. The Kier molecular flexibility index (Phi) is 4.59. The van der Waals surface area contributed by atoms with Crippen molar-refractivity contribution in [2.24, 2.45) is 0 Å². The van der Waals surface area contributed by atoms with E-state index in [9.17, 15) is 0 Å². The SMILES string of the molecule is CCCCCCn1c(CCl)nc2cc(C)cnc21. The number of aromatic nitrogens is 3. The molecule has 18 heavy (non-hydrogen) atoms. The molecule has 0 spiro atoms. The van der Waals surface area contributed by atoms with Gasteiger partial charge >= 0.3 is 0 Å². The lowest BCUT2D eigenvalue weighted by atomic mass is 10.2. The van der Waals surface area contributed by atoms with Gasteiger partial charge in [0.25, 0.3) is 0 Å². The molecule has 2 rings (SSSR count). The fourth-order valence-electron chi connectivity index (χ4n) is 2.19. The summed E-state index contributed by atoms with van der Waals surface area (Å²) < 4.78 is 2.16. The molecule has 3 nitrogen and oxygen atoms in total. The first-order valence-electron chi connectivity index (χ1n) is 6.64. The van der Waals surface area contributed by atoms with Crippen LogP contribution in [0.1, 0.15) is 44.0 Å². The third-order valence-corrected chi connectivity index (χ3v) is 3.39. The Morgan fingerprint density at radius 3 is 2.83 bits per heavy atom. The maximum atomic E-state index is 5.97. The molecule has 0 aliphatic rings. The molecule has 4 heteroatoms. The first kappa shape index (κ1) is 13.3.